The molecule has 0 bridgehead atoms. The van der Waals surface area contributed by atoms with Crippen molar-refractivity contribution in [2.75, 3.05) is 27.2 Å². The molecule has 0 saturated carbocycles. The van der Waals surface area contributed by atoms with Crippen molar-refractivity contribution in [3.8, 4) is 0 Å². The molecule has 2 N–H and O–H groups in total. The zero-order valence-electron chi connectivity index (χ0n) is 11.7. The van der Waals surface area contributed by atoms with Crippen molar-refractivity contribution in [3.63, 3.8) is 0 Å². The molecule has 1 aliphatic heterocycles. The number of rotatable bonds is 6. The molecule has 1 unspecified atom stereocenters. The molecule has 1 heterocycles. The fourth-order valence-corrected chi connectivity index (χ4v) is 1.87. The Labute approximate surface area is 105 Å². The second kappa shape index (κ2) is 6.36. The third-order valence-electron chi connectivity index (χ3n) is 3.81. The highest BCUT2D eigenvalue weighted by atomic mass is 16.1. The highest BCUT2D eigenvalue weighted by Crippen LogP contribution is 2.11. The third kappa shape index (κ3) is 5.04. The lowest BCUT2D eigenvalue weighted by atomic mass is 10.0. The molecule has 4 heteroatoms. The Hall–Kier alpha value is -0.610. The zero-order chi connectivity index (χ0) is 12.9. The lowest BCUT2D eigenvalue weighted by Crippen LogP contribution is -2.48. The van der Waals surface area contributed by atoms with Crippen LogP contribution in [0.2, 0.25) is 0 Å². The average molecular weight is 241 g/mol. The first kappa shape index (κ1) is 14.5. The van der Waals surface area contributed by atoms with E-state index in [1.54, 1.807) is 0 Å². The van der Waals surface area contributed by atoms with E-state index in [0.717, 1.165) is 13.0 Å². The molecule has 0 spiro atoms. The molecule has 1 aliphatic rings. The maximum absolute atomic E-state index is 11.7. The van der Waals surface area contributed by atoms with E-state index >= 15 is 0 Å². The SMILES string of the molecule is CN(C)C(C)(C)CNC(=O)CCC1CCCN1. The Bertz CT molecular complexity index is 245. The van der Waals surface area contributed by atoms with E-state index in [1.807, 2.05) is 14.1 Å². The highest BCUT2D eigenvalue weighted by molar-refractivity contribution is 5.75. The van der Waals surface area contributed by atoms with Crippen molar-refractivity contribution < 1.29 is 4.79 Å². The fourth-order valence-electron chi connectivity index (χ4n) is 1.87. The molecule has 1 fully saturated rings. The molecule has 0 aliphatic carbocycles. The lowest BCUT2D eigenvalue weighted by Gasteiger charge is -2.32. The summed E-state index contributed by atoms with van der Waals surface area (Å²) in [4.78, 5) is 13.8. The number of nitrogens with one attached hydrogen (secondary N) is 2. The first-order chi connectivity index (χ1) is 7.92. The molecule has 1 rings (SSSR count). The average Bonchev–Trinajstić information content (AvgIpc) is 2.76. The molecule has 4 nitrogen and oxygen atoms in total. The van der Waals surface area contributed by atoms with E-state index in [9.17, 15) is 4.79 Å². The van der Waals surface area contributed by atoms with Crippen LogP contribution in [0.1, 0.15) is 39.5 Å². The van der Waals surface area contributed by atoms with Gasteiger partial charge in [-0.2, -0.15) is 0 Å². The van der Waals surface area contributed by atoms with Gasteiger partial charge in [-0.05, 0) is 53.8 Å². The summed E-state index contributed by atoms with van der Waals surface area (Å²) in [6.45, 7) is 6.08. The van der Waals surface area contributed by atoms with Crippen molar-refractivity contribution in [2.24, 2.45) is 0 Å². The quantitative estimate of drug-likeness (QED) is 0.728. The first-order valence-corrected chi connectivity index (χ1v) is 6.59. The molecule has 0 aromatic rings. The Kier molecular flexibility index (Phi) is 5.40. The van der Waals surface area contributed by atoms with Crippen LogP contribution in [0, 0.1) is 0 Å². The van der Waals surface area contributed by atoms with Gasteiger partial charge in [-0.25, -0.2) is 0 Å². The molecule has 100 valence electrons. The van der Waals surface area contributed by atoms with Crippen LogP contribution in [0.5, 0.6) is 0 Å². The van der Waals surface area contributed by atoms with Crippen molar-refractivity contribution in [1.82, 2.24) is 15.5 Å². The summed E-state index contributed by atoms with van der Waals surface area (Å²) in [5, 5.41) is 6.43. The van der Waals surface area contributed by atoms with E-state index in [0.29, 0.717) is 19.0 Å². The molecule has 0 aromatic carbocycles. The van der Waals surface area contributed by atoms with Gasteiger partial charge in [0, 0.05) is 24.5 Å². The number of likely N-dealkylation sites (N-methyl/N-ethyl adjacent to an activating group) is 1. The van der Waals surface area contributed by atoms with E-state index in [1.165, 1.54) is 12.8 Å². The maximum Gasteiger partial charge on any atom is 0.220 e. The predicted molar refractivity (Wildman–Crippen MR) is 71.0 cm³/mol. The van der Waals surface area contributed by atoms with Gasteiger partial charge in [0.15, 0.2) is 0 Å². The number of carbonyl (C=O) groups is 1. The largest absolute Gasteiger partial charge is 0.354 e. The maximum atomic E-state index is 11.7. The van der Waals surface area contributed by atoms with Gasteiger partial charge in [-0.15, -0.1) is 0 Å². The molecule has 1 saturated heterocycles. The van der Waals surface area contributed by atoms with Crippen molar-refractivity contribution in [3.05, 3.63) is 0 Å². The Balaban J connectivity index is 2.16. The number of nitrogens with zero attached hydrogens (tertiary/aromatic N) is 1. The fraction of sp³-hybridized carbons (Fsp3) is 0.923. The molecule has 1 atom stereocenters. The molecular weight excluding hydrogens is 214 g/mol. The van der Waals surface area contributed by atoms with Crippen LogP contribution >= 0.6 is 0 Å². The van der Waals surface area contributed by atoms with E-state index in [-0.39, 0.29) is 11.4 Å². The van der Waals surface area contributed by atoms with Gasteiger partial charge in [0.25, 0.3) is 0 Å². The van der Waals surface area contributed by atoms with E-state index < -0.39 is 0 Å². The second-order valence-electron chi connectivity index (χ2n) is 5.82. The van der Waals surface area contributed by atoms with E-state index in [2.05, 4.69) is 29.4 Å². The van der Waals surface area contributed by atoms with Gasteiger partial charge >= 0.3 is 0 Å². The second-order valence-corrected chi connectivity index (χ2v) is 5.82. The molecule has 0 aromatic heterocycles. The molecule has 1 amide bonds. The van der Waals surface area contributed by atoms with Gasteiger partial charge in [-0.3, -0.25) is 4.79 Å². The summed E-state index contributed by atoms with van der Waals surface area (Å²) < 4.78 is 0. The summed E-state index contributed by atoms with van der Waals surface area (Å²) >= 11 is 0. The number of hydrogen-bond acceptors (Lipinski definition) is 3. The summed E-state index contributed by atoms with van der Waals surface area (Å²) in [6, 6.07) is 0.558. The third-order valence-corrected chi connectivity index (χ3v) is 3.81. The van der Waals surface area contributed by atoms with Crippen LogP contribution in [0.3, 0.4) is 0 Å². The van der Waals surface area contributed by atoms with Crippen LogP contribution in [-0.4, -0.2) is 49.6 Å². The number of hydrogen-bond donors (Lipinski definition) is 2. The predicted octanol–water partition coefficient (Wildman–Crippen LogP) is 0.975. The normalized spacial score (nSPS) is 20.9. The number of carbonyl (C=O) groups excluding carboxylic acids is 1. The van der Waals surface area contributed by atoms with Gasteiger partial charge in [0.1, 0.15) is 0 Å². The standard InChI is InChI=1S/C13H27N3O/c1-13(2,16(3)4)10-15-12(17)8-7-11-6-5-9-14-11/h11,14H,5-10H2,1-4H3,(H,15,17). The number of amides is 1. The highest BCUT2D eigenvalue weighted by Gasteiger charge is 2.21. The summed E-state index contributed by atoms with van der Waals surface area (Å²) in [6.07, 6.45) is 4.08. The minimum Gasteiger partial charge on any atom is -0.354 e. The Morgan fingerprint density at radius 1 is 1.47 bits per heavy atom. The van der Waals surface area contributed by atoms with Crippen molar-refractivity contribution in [1.29, 1.82) is 0 Å². The van der Waals surface area contributed by atoms with Gasteiger partial charge in [0.05, 0.1) is 0 Å². The van der Waals surface area contributed by atoms with Crippen LogP contribution in [0.15, 0.2) is 0 Å². The molecule has 17 heavy (non-hydrogen) atoms. The van der Waals surface area contributed by atoms with Crippen LogP contribution in [0.25, 0.3) is 0 Å². The van der Waals surface area contributed by atoms with Crippen molar-refractivity contribution >= 4 is 5.91 Å². The zero-order valence-corrected chi connectivity index (χ0v) is 11.7. The summed E-state index contributed by atoms with van der Waals surface area (Å²) in [7, 11) is 4.07. The monoisotopic (exact) mass is 241 g/mol. The molecular formula is C13H27N3O. The van der Waals surface area contributed by atoms with Crippen LogP contribution in [-0.2, 0) is 4.79 Å². The first-order valence-electron chi connectivity index (χ1n) is 6.59. The molecule has 0 radical (unpaired) electrons. The van der Waals surface area contributed by atoms with Crippen LogP contribution in [0.4, 0.5) is 0 Å². The van der Waals surface area contributed by atoms with Gasteiger partial charge < -0.3 is 15.5 Å². The van der Waals surface area contributed by atoms with E-state index in [4.69, 9.17) is 0 Å². The van der Waals surface area contributed by atoms with Gasteiger partial charge in [0.2, 0.25) is 5.91 Å². The summed E-state index contributed by atoms with van der Waals surface area (Å²) in [5.41, 5.74) is 0.0151. The lowest BCUT2D eigenvalue weighted by molar-refractivity contribution is -0.121. The topological polar surface area (TPSA) is 44.4 Å². The van der Waals surface area contributed by atoms with Crippen molar-refractivity contribution in [2.45, 2.75) is 51.1 Å². The van der Waals surface area contributed by atoms with Gasteiger partial charge in [-0.1, -0.05) is 0 Å². The Morgan fingerprint density at radius 2 is 2.18 bits per heavy atom. The Morgan fingerprint density at radius 3 is 2.71 bits per heavy atom. The smallest absolute Gasteiger partial charge is 0.220 e. The van der Waals surface area contributed by atoms with Crippen LogP contribution < -0.4 is 10.6 Å². The minimum absolute atomic E-state index is 0.0151. The summed E-state index contributed by atoms with van der Waals surface area (Å²) in [5.74, 6) is 0.175. The minimum atomic E-state index is 0.0151.